The van der Waals surface area contributed by atoms with Crippen LogP contribution in [0.2, 0.25) is 0 Å². The molecule has 0 bridgehead atoms. The molecule has 164 valence electrons. The van der Waals surface area contributed by atoms with Gasteiger partial charge in [0.2, 0.25) is 0 Å². The smallest absolute Gasteiger partial charge is 0.116 e. The highest BCUT2D eigenvalue weighted by molar-refractivity contribution is 5.35. The first-order valence-corrected chi connectivity index (χ1v) is 11.4. The number of aliphatic hydroxyl groups is 1. The molecule has 0 unspecified atom stereocenters. The van der Waals surface area contributed by atoms with Crippen LogP contribution in [-0.4, -0.2) is 48.1 Å². The largest absolute Gasteiger partial charge is 0.380 e. The van der Waals surface area contributed by atoms with Gasteiger partial charge in [-0.25, -0.2) is 0 Å². The Morgan fingerprint density at radius 2 is 1.19 bits per heavy atom. The zero-order valence-electron chi connectivity index (χ0n) is 19.0. The molecule has 0 saturated heterocycles. The van der Waals surface area contributed by atoms with Crippen molar-refractivity contribution in [2.24, 2.45) is 0 Å². The Balaban J connectivity index is 1.65. The number of hydrogen-bond acceptors (Lipinski definition) is 3. The molecule has 0 spiro atoms. The summed E-state index contributed by atoms with van der Waals surface area (Å²) in [5.41, 5.74) is 2.28. The van der Waals surface area contributed by atoms with Crippen LogP contribution >= 0.6 is 0 Å². The molecule has 0 radical (unpaired) electrons. The van der Waals surface area contributed by atoms with Crippen molar-refractivity contribution in [2.45, 2.75) is 31.9 Å². The fourth-order valence-electron chi connectivity index (χ4n) is 4.14. The highest BCUT2D eigenvalue weighted by Crippen LogP contribution is 2.33. The Bertz CT molecular complexity index is 828. The van der Waals surface area contributed by atoms with Crippen LogP contribution in [0, 0.1) is 0 Å². The van der Waals surface area contributed by atoms with E-state index >= 15 is 0 Å². The summed E-state index contributed by atoms with van der Waals surface area (Å²) < 4.78 is 0. The van der Waals surface area contributed by atoms with E-state index < -0.39 is 5.60 Å². The van der Waals surface area contributed by atoms with Gasteiger partial charge in [0.15, 0.2) is 0 Å². The van der Waals surface area contributed by atoms with E-state index in [1.54, 1.807) is 0 Å². The van der Waals surface area contributed by atoms with Crippen molar-refractivity contribution in [3.63, 3.8) is 0 Å². The monoisotopic (exact) mass is 416 g/mol. The summed E-state index contributed by atoms with van der Waals surface area (Å²) in [6.07, 6.45) is 1.78. The van der Waals surface area contributed by atoms with E-state index in [0.29, 0.717) is 6.42 Å². The second-order valence-corrected chi connectivity index (χ2v) is 8.41. The van der Waals surface area contributed by atoms with Crippen LogP contribution in [0.1, 0.15) is 36.5 Å². The Labute approximate surface area is 188 Å². The van der Waals surface area contributed by atoms with Gasteiger partial charge < -0.3 is 14.9 Å². The molecule has 31 heavy (non-hydrogen) atoms. The van der Waals surface area contributed by atoms with E-state index in [1.807, 2.05) is 60.7 Å². The van der Waals surface area contributed by atoms with E-state index in [9.17, 15) is 5.11 Å². The minimum atomic E-state index is -0.982. The van der Waals surface area contributed by atoms with Gasteiger partial charge in [0.1, 0.15) is 5.60 Å². The second-order valence-electron chi connectivity index (χ2n) is 8.41. The predicted octanol–water partition coefficient (Wildman–Crippen LogP) is 5.16. The van der Waals surface area contributed by atoms with Gasteiger partial charge in [-0.2, -0.15) is 0 Å². The van der Waals surface area contributed by atoms with Gasteiger partial charge in [-0.15, -0.1) is 0 Å². The van der Waals surface area contributed by atoms with Gasteiger partial charge in [0, 0.05) is 26.2 Å². The molecule has 0 aliphatic carbocycles. The number of hydrogen-bond donors (Lipinski definition) is 1. The Morgan fingerprint density at radius 1 is 0.677 bits per heavy atom. The molecule has 3 nitrogen and oxygen atoms in total. The third kappa shape index (κ3) is 6.76. The summed E-state index contributed by atoms with van der Waals surface area (Å²) in [4.78, 5) is 4.86. The molecule has 0 fully saturated rings. The average Bonchev–Trinajstić information content (AvgIpc) is 2.82. The zero-order valence-corrected chi connectivity index (χ0v) is 19.0. The van der Waals surface area contributed by atoms with E-state index in [1.165, 1.54) is 5.56 Å². The van der Waals surface area contributed by atoms with Crippen molar-refractivity contribution in [3.05, 3.63) is 108 Å². The fraction of sp³-hybridized carbons (Fsp3) is 0.357. The third-order valence-corrected chi connectivity index (χ3v) is 5.93. The number of rotatable bonds is 12. The molecular formula is C28H36N2O. The van der Waals surface area contributed by atoms with Gasteiger partial charge in [-0.1, -0.05) is 97.9 Å². The van der Waals surface area contributed by atoms with Crippen LogP contribution in [0.4, 0.5) is 0 Å². The van der Waals surface area contributed by atoms with Gasteiger partial charge in [-0.05, 0) is 43.1 Å². The first-order valence-electron chi connectivity index (χ1n) is 11.4. The minimum Gasteiger partial charge on any atom is -0.380 e. The number of benzene rings is 3. The van der Waals surface area contributed by atoms with Crippen molar-refractivity contribution < 1.29 is 5.11 Å². The molecule has 3 heteroatoms. The molecule has 0 atom stereocenters. The second kappa shape index (κ2) is 11.8. The highest BCUT2D eigenvalue weighted by atomic mass is 16.3. The first-order chi connectivity index (χ1) is 15.1. The Morgan fingerprint density at radius 3 is 1.71 bits per heavy atom. The maximum Gasteiger partial charge on any atom is 0.116 e. The lowest BCUT2D eigenvalue weighted by Crippen LogP contribution is -2.38. The van der Waals surface area contributed by atoms with E-state index in [4.69, 9.17) is 0 Å². The number of nitrogens with zero attached hydrogens (tertiary/aromatic N) is 2. The summed E-state index contributed by atoms with van der Waals surface area (Å²) in [6.45, 7) is 7.08. The zero-order chi connectivity index (χ0) is 21.9. The maximum absolute atomic E-state index is 11.8. The van der Waals surface area contributed by atoms with Gasteiger partial charge in [-0.3, -0.25) is 0 Å². The van der Waals surface area contributed by atoms with Crippen molar-refractivity contribution >= 4 is 0 Å². The van der Waals surface area contributed by atoms with Crippen LogP contribution in [-0.2, 0) is 12.1 Å². The summed E-state index contributed by atoms with van der Waals surface area (Å²) in [7, 11) is 2.18. The lowest BCUT2D eigenvalue weighted by Gasteiger charge is -2.33. The lowest BCUT2D eigenvalue weighted by atomic mass is 9.83. The third-order valence-electron chi connectivity index (χ3n) is 5.93. The van der Waals surface area contributed by atoms with E-state index in [2.05, 4.69) is 54.1 Å². The fourth-order valence-corrected chi connectivity index (χ4v) is 4.14. The average molecular weight is 417 g/mol. The normalized spacial score (nSPS) is 11.9. The molecule has 0 heterocycles. The van der Waals surface area contributed by atoms with Crippen molar-refractivity contribution in [1.29, 1.82) is 0 Å². The quantitative estimate of drug-likeness (QED) is 0.442. The molecular weight excluding hydrogens is 380 g/mol. The SMILES string of the molecule is CCCN(CCN(C)Cc1ccccc1)CCC(O)(c1ccccc1)c1ccccc1. The molecule has 3 aromatic rings. The van der Waals surface area contributed by atoms with Crippen LogP contribution in [0.25, 0.3) is 0 Å². The van der Waals surface area contributed by atoms with Crippen LogP contribution in [0.5, 0.6) is 0 Å². The Hall–Kier alpha value is -2.46. The minimum absolute atomic E-state index is 0.670. The molecule has 0 saturated carbocycles. The standard InChI is InChI=1S/C28H36N2O/c1-3-20-30(23-22-29(2)24-25-13-7-4-8-14-25)21-19-28(31,26-15-9-5-10-16-26)27-17-11-6-12-18-27/h4-18,31H,3,19-24H2,1-2H3. The summed E-state index contributed by atoms with van der Waals surface area (Å²) in [5.74, 6) is 0. The van der Waals surface area contributed by atoms with Crippen LogP contribution in [0.3, 0.4) is 0 Å². The van der Waals surface area contributed by atoms with Gasteiger partial charge in [0.05, 0.1) is 0 Å². The van der Waals surface area contributed by atoms with E-state index in [-0.39, 0.29) is 0 Å². The predicted molar refractivity (Wildman–Crippen MR) is 130 cm³/mol. The van der Waals surface area contributed by atoms with Crippen LogP contribution in [0.15, 0.2) is 91.0 Å². The van der Waals surface area contributed by atoms with Crippen molar-refractivity contribution in [1.82, 2.24) is 9.80 Å². The van der Waals surface area contributed by atoms with Gasteiger partial charge >= 0.3 is 0 Å². The molecule has 0 aromatic heterocycles. The van der Waals surface area contributed by atoms with Crippen molar-refractivity contribution in [3.8, 4) is 0 Å². The molecule has 1 N–H and O–H groups in total. The van der Waals surface area contributed by atoms with Crippen LogP contribution < -0.4 is 0 Å². The van der Waals surface area contributed by atoms with E-state index in [0.717, 1.165) is 50.3 Å². The Kier molecular flexibility index (Phi) is 8.84. The van der Waals surface area contributed by atoms with Crippen molar-refractivity contribution in [2.75, 3.05) is 33.2 Å². The highest BCUT2D eigenvalue weighted by Gasteiger charge is 2.31. The maximum atomic E-state index is 11.8. The summed E-state index contributed by atoms with van der Waals surface area (Å²) >= 11 is 0. The van der Waals surface area contributed by atoms with Gasteiger partial charge in [0.25, 0.3) is 0 Å². The molecule has 0 aliphatic heterocycles. The summed E-state index contributed by atoms with van der Waals surface area (Å²) in [6, 6.07) is 30.8. The molecule has 0 amide bonds. The molecule has 3 rings (SSSR count). The number of likely N-dealkylation sites (N-methyl/N-ethyl adjacent to an activating group) is 1. The topological polar surface area (TPSA) is 26.7 Å². The first kappa shape index (κ1) is 23.2. The molecule has 3 aromatic carbocycles. The molecule has 0 aliphatic rings. The summed E-state index contributed by atoms with van der Waals surface area (Å²) in [5, 5.41) is 11.8. The lowest BCUT2D eigenvalue weighted by molar-refractivity contribution is 0.0560.